The van der Waals surface area contributed by atoms with Crippen LogP contribution in [0.25, 0.3) is 0 Å². The first-order valence-corrected chi connectivity index (χ1v) is 33.0. The van der Waals surface area contributed by atoms with Crippen LogP contribution in [0.3, 0.4) is 0 Å². The van der Waals surface area contributed by atoms with Crippen LogP contribution in [-0.2, 0) is 54.1 Å². The molecule has 0 saturated carbocycles. The van der Waals surface area contributed by atoms with E-state index in [9.17, 15) is 32.4 Å². The van der Waals surface area contributed by atoms with Gasteiger partial charge in [0, 0.05) is 32.5 Å². The summed E-state index contributed by atoms with van der Waals surface area (Å²) in [6, 6.07) is 7.78. The maximum Gasteiger partial charge on any atom is 0.407 e. The summed E-state index contributed by atoms with van der Waals surface area (Å²) in [5.41, 5.74) is 5.54. The minimum Gasteiger partial charge on any atom is -0.465 e. The normalized spacial score (nSPS) is 11.9. The second kappa shape index (κ2) is 47.3. The van der Waals surface area contributed by atoms with Crippen LogP contribution in [0.4, 0.5) is 9.59 Å². The standard InChI is InChI=1S/C37H63NO6.C14H29NO5S.C13H28N2O2/c1-36(2,3)43-33(39)22-18-14-10-8-12-16-20-28-38(30-31-24-26-32(27-25-31)35(41)42-7)29-21-17-13-9-11-15-19-23-34(40)44-37(4,5)6;1-14(2,3)20-13(16)15-11-9-7-5-6-8-10-12-19-21(4,17)18;1-13(2,3)17-12(16)15-11-9-7-5-4-6-8-10-14/h24-27H,8-23,28-30H2,1-7H3;5-12H2,1-4H3,(H,15,16);4-11,14H2,1-3H3,(H,15,16). The highest BCUT2D eigenvalue weighted by molar-refractivity contribution is 7.85. The third kappa shape index (κ3) is 60.6. The van der Waals surface area contributed by atoms with Gasteiger partial charge in [-0.25, -0.2) is 14.4 Å². The van der Waals surface area contributed by atoms with Crippen molar-refractivity contribution in [2.24, 2.45) is 5.73 Å². The van der Waals surface area contributed by atoms with Gasteiger partial charge in [-0.2, -0.15) is 8.42 Å². The van der Waals surface area contributed by atoms with Crippen LogP contribution in [-0.4, -0.2) is 119 Å². The minimum atomic E-state index is -3.30. The number of ether oxygens (including phenoxy) is 5. The fourth-order valence-electron chi connectivity index (χ4n) is 8.28. The SMILES string of the molecule is CC(C)(C)OC(=O)NCCCCCCCCN.CC(C)(C)OC(=O)NCCCCCCCCOS(C)(=O)=O.COC(=O)c1ccc(CN(CCCCCCCCCC(=O)OC(C)(C)C)CCCCCCCCCC(=O)OC(C)(C)C)cc1. The topological polar surface area (TPSA) is 228 Å². The molecular formula is C64H120N4O13S. The summed E-state index contributed by atoms with van der Waals surface area (Å²) in [7, 11) is -1.89. The van der Waals surface area contributed by atoms with E-state index in [2.05, 4.69) is 19.7 Å². The van der Waals surface area contributed by atoms with Gasteiger partial charge in [0.05, 0.1) is 25.5 Å². The zero-order chi connectivity index (χ0) is 62.4. The van der Waals surface area contributed by atoms with Gasteiger partial charge < -0.3 is 40.1 Å². The van der Waals surface area contributed by atoms with Gasteiger partial charge in [-0.3, -0.25) is 18.7 Å². The van der Waals surface area contributed by atoms with Crippen LogP contribution in [0.1, 0.15) is 279 Å². The number of hydrogen-bond donors (Lipinski definition) is 3. The molecule has 0 aliphatic heterocycles. The predicted octanol–water partition coefficient (Wildman–Crippen LogP) is 14.8. The molecule has 0 spiro atoms. The van der Waals surface area contributed by atoms with Crippen molar-refractivity contribution in [3.8, 4) is 0 Å². The van der Waals surface area contributed by atoms with Crippen LogP contribution in [0.5, 0.6) is 0 Å². The number of nitrogens with one attached hydrogen (secondary N) is 2. The highest BCUT2D eigenvalue weighted by Crippen LogP contribution is 2.18. The molecule has 18 heteroatoms. The molecule has 82 heavy (non-hydrogen) atoms. The largest absolute Gasteiger partial charge is 0.465 e. The van der Waals surface area contributed by atoms with E-state index in [1.54, 1.807) is 0 Å². The van der Waals surface area contributed by atoms with Crippen molar-refractivity contribution in [2.75, 3.05) is 52.7 Å². The predicted molar refractivity (Wildman–Crippen MR) is 332 cm³/mol. The molecule has 1 rings (SSSR count). The first-order valence-electron chi connectivity index (χ1n) is 31.2. The summed E-state index contributed by atoms with van der Waals surface area (Å²) in [5, 5.41) is 5.48. The van der Waals surface area contributed by atoms with Crippen LogP contribution < -0.4 is 16.4 Å². The van der Waals surface area contributed by atoms with Crippen LogP contribution in [0, 0.1) is 0 Å². The lowest BCUT2D eigenvalue weighted by atomic mass is 10.1. The molecule has 0 bridgehead atoms. The lowest BCUT2D eigenvalue weighted by Gasteiger charge is -2.22. The first-order chi connectivity index (χ1) is 38.3. The molecule has 480 valence electrons. The van der Waals surface area contributed by atoms with E-state index < -0.39 is 32.5 Å². The highest BCUT2D eigenvalue weighted by Gasteiger charge is 2.19. The number of unbranched alkanes of at least 4 members (excludes halogenated alkanes) is 22. The second-order valence-corrected chi connectivity index (χ2v) is 27.1. The quantitative estimate of drug-likeness (QED) is 0.0240. The summed E-state index contributed by atoms with van der Waals surface area (Å²) in [4.78, 5) is 60.7. The van der Waals surface area contributed by atoms with Gasteiger partial charge in [0.2, 0.25) is 0 Å². The second-order valence-electron chi connectivity index (χ2n) is 25.5. The summed E-state index contributed by atoms with van der Waals surface area (Å²) in [6.45, 7) is 28.0. The Labute approximate surface area is 499 Å². The van der Waals surface area contributed by atoms with Crippen molar-refractivity contribution in [3.63, 3.8) is 0 Å². The third-order valence-corrected chi connectivity index (χ3v) is 12.8. The van der Waals surface area contributed by atoms with Gasteiger partial charge in [0.25, 0.3) is 10.1 Å². The molecule has 0 aliphatic carbocycles. The van der Waals surface area contributed by atoms with E-state index in [1.807, 2.05) is 107 Å². The fourth-order valence-corrected chi connectivity index (χ4v) is 8.71. The summed E-state index contributed by atoms with van der Waals surface area (Å²) in [5.74, 6) is -0.483. The van der Waals surface area contributed by atoms with Gasteiger partial charge in [-0.1, -0.05) is 128 Å². The summed E-state index contributed by atoms with van der Waals surface area (Å²) < 4.78 is 51.9. The number of carbonyl (C=O) groups is 5. The molecule has 17 nitrogen and oxygen atoms in total. The molecule has 1 aromatic carbocycles. The maximum atomic E-state index is 11.8. The molecule has 0 heterocycles. The van der Waals surface area contributed by atoms with Crippen molar-refractivity contribution in [2.45, 2.75) is 292 Å². The Bertz CT molecular complexity index is 1860. The van der Waals surface area contributed by atoms with Gasteiger partial charge in [0.1, 0.15) is 22.4 Å². The van der Waals surface area contributed by atoms with Gasteiger partial charge in [0.15, 0.2) is 0 Å². The number of hydrogen-bond acceptors (Lipinski definition) is 15. The van der Waals surface area contributed by atoms with Crippen LogP contribution in [0.15, 0.2) is 24.3 Å². The Balaban J connectivity index is 0. The lowest BCUT2D eigenvalue weighted by molar-refractivity contribution is -0.156. The first kappa shape index (κ1) is 80.1. The number of alkyl carbamates (subject to hydrolysis) is 2. The Morgan fingerprint density at radius 1 is 0.463 bits per heavy atom. The monoisotopic (exact) mass is 1180 g/mol. The molecular weight excluding hydrogens is 1060 g/mol. The molecule has 0 atom stereocenters. The van der Waals surface area contributed by atoms with Crippen molar-refractivity contribution in [3.05, 3.63) is 35.4 Å². The molecule has 0 unspecified atom stereocenters. The van der Waals surface area contributed by atoms with E-state index in [1.165, 1.54) is 96.1 Å². The Morgan fingerprint density at radius 3 is 1.13 bits per heavy atom. The van der Waals surface area contributed by atoms with Crippen molar-refractivity contribution >= 4 is 40.2 Å². The van der Waals surface area contributed by atoms with E-state index in [-0.39, 0.29) is 36.7 Å². The van der Waals surface area contributed by atoms with Crippen molar-refractivity contribution in [1.29, 1.82) is 0 Å². The number of amides is 2. The van der Waals surface area contributed by atoms with Crippen molar-refractivity contribution < 1.29 is 60.3 Å². The Hall–Kier alpha value is -4.00. The van der Waals surface area contributed by atoms with E-state index in [4.69, 9.17) is 29.4 Å². The number of nitrogens with two attached hydrogens (primary N) is 1. The Morgan fingerprint density at radius 2 is 0.793 bits per heavy atom. The van der Waals surface area contributed by atoms with Gasteiger partial charge in [-0.15, -0.1) is 0 Å². The summed E-state index contributed by atoms with van der Waals surface area (Å²) >= 11 is 0. The lowest BCUT2D eigenvalue weighted by Crippen LogP contribution is -2.33. The number of esters is 3. The third-order valence-electron chi connectivity index (χ3n) is 12.2. The molecule has 0 saturated heterocycles. The smallest absolute Gasteiger partial charge is 0.407 e. The van der Waals surface area contributed by atoms with E-state index in [0.29, 0.717) is 31.5 Å². The maximum absolute atomic E-state index is 11.8. The molecule has 0 radical (unpaired) electrons. The van der Waals surface area contributed by atoms with Gasteiger partial charge in [-0.05, 0) is 172 Å². The number of methoxy groups -OCH3 is 1. The number of benzene rings is 1. The van der Waals surface area contributed by atoms with Crippen LogP contribution >= 0.6 is 0 Å². The fraction of sp³-hybridized carbons (Fsp3) is 0.828. The number of nitrogens with zero attached hydrogens (tertiary/aromatic N) is 1. The van der Waals surface area contributed by atoms with Gasteiger partial charge >= 0.3 is 30.1 Å². The molecule has 0 aromatic heterocycles. The Kier molecular flexibility index (Phi) is 46.2. The molecule has 4 N–H and O–H groups in total. The minimum absolute atomic E-state index is 0.0900. The zero-order valence-electron chi connectivity index (χ0n) is 54.3. The average Bonchev–Trinajstić information content (AvgIpc) is 3.35. The molecule has 0 fully saturated rings. The molecule has 1 aromatic rings. The molecule has 2 amide bonds. The average molecular weight is 1190 g/mol. The zero-order valence-corrected chi connectivity index (χ0v) is 55.1. The highest BCUT2D eigenvalue weighted by atomic mass is 32.2. The van der Waals surface area contributed by atoms with Crippen LogP contribution in [0.2, 0.25) is 0 Å². The number of carbonyl (C=O) groups excluding carboxylic acids is 5. The number of rotatable bonds is 41. The summed E-state index contributed by atoms with van der Waals surface area (Å²) in [6.07, 6.45) is 30.1. The van der Waals surface area contributed by atoms with Crippen molar-refractivity contribution in [1.82, 2.24) is 15.5 Å². The molecule has 0 aliphatic rings. The van der Waals surface area contributed by atoms with E-state index >= 15 is 0 Å². The van der Waals surface area contributed by atoms with E-state index in [0.717, 1.165) is 116 Å².